The summed E-state index contributed by atoms with van der Waals surface area (Å²) in [6, 6.07) is 0. The van der Waals surface area contributed by atoms with Gasteiger partial charge >= 0.3 is 11.9 Å². The quantitative estimate of drug-likeness (QED) is 0.0167. The van der Waals surface area contributed by atoms with Crippen LogP contribution in [0.1, 0.15) is 201 Å². The van der Waals surface area contributed by atoms with Gasteiger partial charge in [0.2, 0.25) is 5.96 Å². The molecule has 0 aromatic rings. The van der Waals surface area contributed by atoms with Gasteiger partial charge in [0.25, 0.3) is 0 Å². The van der Waals surface area contributed by atoms with Crippen molar-refractivity contribution in [2.75, 3.05) is 46.9 Å². The number of carbonyl (C=O) groups is 2. The van der Waals surface area contributed by atoms with Crippen LogP contribution in [0.5, 0.6) is 0 Å². The molecule has 0 rings (SSSR count). The van der Waals surface area contributed by atoms with Crippen LogP contribution >= 0.6 is 0 Å². The van der Waals surface area contributed by atoms with Gasteiger partial charge in [0.15, 0.2) is 6.19 Å². The average Bonchev–Trinajstić information content (AvgIpc) is 3.14. The molecule has 0 saturated carbocycles. The molecular formula is C44H85N5O4. The Morgan fingerprint density at radius 3 is 1.68 bits per heavy atom. The van der Waals surface area contributed by atoms with Crippen molar-refractivity contribution in [1.82, 2.24) is 15.1 Å². The summed E-state index contributed by atoms with van der Waals surface area (Å²) in [5.41, 5.74) is 0. The predicted molar refractivity (Wildman–Crippen MR) is 223 cm³/mol. The van der Waals surface area contributed by atoms with Gasteiger partial charge < -0.3 is 19.3 Å². The predicted octanol–water partition coefficient (Wildman–Crippen LogP) is 11.0. The fourth-order valence-corrected chi connectivity index (χ4v) is 6.67. The van der Waals surface area contributed by atoms with E-state index in [0.717, 1.165) is 110 Å². The van der Waals surface area contributed by atoms with Crippen LogP contribution in [-0.2, 0) is 19.1 Å². The Kier molecular flexibility index (Phi) is 36.3. The fraction of sp³-hybridized carbons (Fsp3) is 0.909. The standard InChI is InChI=1S/C44H85N5O4/c1-7-10-13-22-29-40(4)38-52-42(50)32-24-17-15-19-26-35-49(37-28-34-46-44(47-39-45)48(5)6)36-27-20-16-18-25-33-43(51)53-41(30-21-12-9-3)31-23-14-11-8-2/h40-41H,7-38H2,1-6H3,(H,46,47). The molecule has 0 heterocycles. The molecule has 0 bridgehead atoms. The van der Waals surface area contributed by atoms with Crippen molar-refractivity contribution in [2.45, 2.75) is 207 Å². The largest absolute Gasteiger partial charge is 0.465 e. The molecule has 0 radical (unpaired) electrons. The molecule has 2 atom stereocenters. The Hall–Kier alpha value is -2.34. The lowest BCUT2D eigenvalue weighted by atomic mass is 10.0. The lowest BCUT2D eigenvalue weighted by Gasteiger charge is -2.22. The summed E-state index contributed by atoms with van der Waals surface area (Å²) < 4.78 is 11.5. The average molecular weight is 748 g/mol. The molecule has 0 fully saturated rings. The van der Waals surface area contributed by atoms with Crippen molar-refractivity contribution in [3.63, 3.8) is 0 Å². The molecule has 0 aliphatic carbocycles. The highest BCUT2D eigenvalue weighted by atomic mass is 16.5. The van der Waals surface area contributed by atoms with Crippen molar-refractivity contribution in [2.24, 2.45) is 10.9 Å². The summed E-state index contributed by atoms with van der Waals surface area (Å²) in [5.74, 6) is 1.01. The van der Waals surface area contributed by atoms with Gasteiger partial charge in [-0.25, -0.2) is 0 Å². The molecule has 9 heteroatoms. The van der Waals surface area contributed by atoms with Crippen LogP contribution in [0.3, 0.4) is 0 Å². The Balaban J connectivity index is 4.47. The highest BCUT2D eigenvalue weighted by Crippen LogP contribution is 2.17. The number of hydrogen-bond donors (Lipinski definition) is 1. The first-order chi connectivity index (χ1) is 25.8. The molecule has 0 aliphatic heterocycles. The van der Waals surface area contributed by atoms with Gasteiger partial charge in [0.1, 0.15) is 6.10 Å². The maximum Gasteiger partial charge on any atom is 0.306 e. The molecule has 0 aromatic carbocycles. The zero-order valence-electron chi connectivity index (χ0n) is 35.7. The van der Waals surface area contributed by atoms with Gasteiger partial charge in [-0.3, -0.25) is 19.9 Å². The number of carbonyl (C=O) groups excluding carboxylic acids is 2. The van der Waals surface area contributed by atoms with Crippen LogP contribution in [0.25, 0.3) is 0 Å². The Labute approximate surface area is 327 Å². The van der Waals surface area contributed by atoms with E-state index >= 15 is 0 Å². The fourth-order valence-electron chi connectivity index (χ4n) is 6.67. The molecule has 2 unspecified atom stereocenters. The first-order valence-electron chi connectivity index (χ1n) is 22.2. The second-order valence-corrected chi connectivity index (χ2v) is 15.7. The molecule has 53 heavy (non-hydrogen) atoms. The van der Waals surface area contributed by atoms with Crippen molar-refractivity contribution in [1.29, 1.82) is 5.26 Å². The van der Waals surface area contributed by atoms with Gasteiger partial charge in [-0.1, -0.05) is 124 Å². The van der Waals surface area contributed by atoms with Crippen LogP contribution in [0.2, 0.25) is 0 Å². The zero-order valence-corrected chi connectivity index (χ0v) is 35.7. The van der Waals surface area contributed by atoms with Gasteiger partial charge in [-0.2, -0.15) is 5.26 Å². The Morgan fingerprint density at radius 2 is 1.11 bits per heavy atom. The Morgan fingerprint density at radius 1 is 0.642 bits per heavy atom. The van der Waals surface area contributed by atoms with E-state index in [1.54, 1.807) is 0 Å². The number of esters is 2. The maximum atomic E-state index is 12.6. The van der Waals surface area contributed by atoms with Crippen molar-refractivity contribution >= 4 is 17.9 Å². The van der Waals surface area contributed by atoms with E-state index in [0.29, 0.717) is 37.9 Å². The summed E-state index contributed by atoms with van der Waals surface area (Å²) in [5, 5.41) is 11.7. The van der Waals surface area contributed by atoms with E-state index in [4.69, 9.17) is 14.7 Å². The van der Waals surface area contributed by atoms with E-state index < -0.39 is 0 Å². The maximum absolute atomic E-state index is 12.6. The minimum atomic E-state index is -0.0406. The third-order valence-corrected chi connectivity index (χ3v) is 10.1. The van der Waals surface area contributed by atoms with Gasteiger partial charge in [0.05, 0.1) is 6.61 Å². The van der Waals surface area contributed by atoms with E-state index in [1.807, 2.05) is 25.2 Å². The number of nitriles is 1. The van der Waals surface area contributed by atoms with Gasteiger partial charge in [0, 0.05) is 33.5 Å². The SMILES string of the molecule is CCCCCCC(C)COC(=O)CCCCCCCN(CCCCCCCC(=O)OC(CCCCC)CCCCCC)CCCN=C(NC#N)N(C)C. The topological polar surface area (TPSA) is 107 Å². The highest BCUT2D eigenvalue weighted by molar-refractivity contribution is 5.80. The summed E-state index contributed by atoms with van der Waals surface area (Å²) in [4.78, 5) is 33.8. The van der Waals surface area contributed by atoms with Crippen molar-refractivity contribution in [3.05, 3.63) is 0 Å². The van der Waals surface area contributed by atoms with E-state index in [2.05, 4.69) is 42.9 Å². The number of ether oxygens (including phenoxy) is 2. The summed E-state index contributed by atoms with van der Waals surface area (Å²) in [6.07, 6.45) is 31.7. The van der Waals surface area contributed by atoms with E-state index in [1.165, 1.54) is 70.6 Å². The highest BCUT2D eigenvalue weighted by Gasteiger charge is 2.14. The Bertz CT molecular complexity index is 922. The molecule has 0 spiro atoms. The molecular weight excluding hydrogens is 663 g/mol. The van der Waals surface area contributed by atoms with Crippen molar-refractivity contribution < 1.29 is 19.1 Å². The van der Waals surface area contributed by atoms with Crippen LogP contribution in [0.4, 0.5) is 0 Å². The number of hydrogen-bond acceptors (Lipinski definition) is 7. The smallest absolute Gasteiger partial charge is 0.306 e. The van der Waals surface area contributed by atoms with Crippen LogP contribution in [0, 0.1) is 17.4 Å². The second-order valence-electron chi connectivity index (χ2n) is 15.7. The lowest BCUT2D eigenvalue weighted by molar-refractivity contribution is -0.150. The monoisotopic (exact) mass is 748 g/mol. The summed E-state index contributed by atoms with van der Waals surface area (Å²) in [7, 11) is 3.78. The molecule has 9 nitrogen and oxygen atoms in total. The third-order valence-electron chi connectivity index (χ3n) is 10.1. The molecule has 0 amide bonds. The number of nitrogens with zero attached hydrogens (tertiary/aromatic N) is 4. The summed E-state index contributed by atoms with van der Waals surface area (Å²) in [6.45, 7) is 13.2. The molecule has 310 valence electrons. The minimum absolute atomic E-state index is 0.00344. The van der Waals surface area contributed by atoms with Gasteiger partial charge in [-0.05, 0) is 89.8 Å². The number of guanidine groups is 1. The molecule has 0 saturated heterocycles. The number of aliphatic imine (C=N–C) groups is 1. The normalized spacial score (nSPS) is 12.8. The van der Waals surface area contributed by atoms with Crippen LogP contribution in [-0.4, -0.2) is 80.7 Å². The zero-order chi connectivity index (χ0) is 39.2. The molecule has 0 aliphatic rings. The second kappa shape index (κ2) is 38.0. The lowest BCUT2D eigenvalue weighted by Crippen LogP contribution is -2.34. The molecule has 1 N–H and O–H groups in total. The third kappa shape index (κ3) is 33.9. The first kappa shape index (κ1) is 50.7. The number of rotatable bonds is 37. The van der Waals surface area contributed by atoms with Gasteiger partial charge in [-0.15, -0.1) is 0 Å². The van der Waals surface area contributed by atoms with Crippen LogP contribution < -0.4 is 5.32 Å². The van der Waals surface area contributed by atoms with E-state index in [9.17, 15) is 9.59 Å². The number of unbranched alkanes of at least 4 members (excludes halogenated alkanes) is 16. The molecule has 0 aromatic heterocycles. The summed E-state index contributed by atoms with van der Waals surface area (Å²) >= 11 is 0. The van der Waals surface area contributed by atoms with E-state index in [-0.39, 0.29) is 18.0 Å². The van der Waals surface area contributed by atoms with Crippen molar-refractivity contribution in [3.8, 4) is 6.19 Å². The van der Waals surface area contributed by atoms with Crippen LogP contribution in [0.15, 0.2) is 4.99 Å². The minimum Gasteiger partial charge on any atom is -0.465 e. The first-order valence-corrected chi connectivity index (χ1v) is 22.2. The number of nitrogens with one attached hydrogen (secondary N) is 1.